The van der Waals surface area contributed by atoms with E-state index in [1.165, 1.54) is 51.8 Å². The van der Waals surface area contributed by atoms with Crippen LogP contribution < -0.4 is 9.47 Å². The molecule has 5 heteroatoms. The third kappa shape index (κ3) is 7.59. The molecular formula is C21H37BrO3Sn. The van der Waals surface area contributed by atoms with Crippen molar-refractivity contribution in [2.75, 3.05) is 11.7 Å². The van der Waals surface area contributed by atoms with Crippen molar-refractivity contribution in [3.05, 3.63) is 22.2 Å². The van der Waals surface area contributed by atoms with E-state index in [0.717, 1.165) is 20.4 Å². The number of ether oxygens (including phenoxy) is 2. The zero-order valence-electron chi connectivity index (χ0n) is 17.1. The molecule has 0 fully saturated rings. The van der Waals surface area contributed by atoms with Gasteiger partial charge in [0.15, 0.2) is 0 Å². The summed E-state index contributed by atoms with van der Waals surface area (Å²) < 4.78 is 18.0. The maximum atomic E-state index is 9.78. The van der Waals surface area contributed by atoms with Gasteiger partial charge >= 0.3 is 174 Å². The molecule has 1 aromatic carbocycles. The number of hydrogen-bond donors (Lipinski definition) is 1. The zero-order chi connectivity index (χ0) is 19.4. The average molecular weight is 536 g/mol. The molecule has 0 atom stereocenters. The minimum absolute atomic E-state index is 0.0352. The summed E-state index contributed by atoms with van der Waals surface area (Å²) in [6.07, 6.45) is 7.78. The summed E-state index contributed by atoms with van der Waals surface area (Å²) in [5, 5.41) is 9.78. The minimum atomic E-state index is -2.37. The molecule has 1 N–H and O–H groups in total. The summed E-state index contributed by atoms with van der Waals surface area (Å²) in [5.41, 5.74) is 0.804. The molecule has 150 valence electrons. The van der Waals surface area contributed by atoms with Gasteiger partial charge in [0.05, 0.1) is 0 Å². The fourth-order valence-electron chi connectivity index (χ4n) is 3.53. The molecule has 26 heavy (non-hydrogen) atoms. The van der Waals surface area contributed by atoms with Crippen molar-refractivity contribution in [2.24, 2.45) is 0 Å². The van der Waals surface area contributed by atoms with Gasteiger partial charge in [-0.05, 0) is 0 Å². The molecule has 0 saturated heterocycles. The average Bonchev–Trinajstić information content (AvgIpc) is 2.66. The molecule has 0 aliphatic carbocycles. The summed E-state index contributed by atoms with van der Waals surface area (Å²) in [5.74, 6) is 1.45. The second-order valence-corrected chi connectivity index (χ2v) is 21.9. The van der Waals surface area contributed by atoms with E-state index in [1.807, 2.05) is 12.1 Å². The SMILES string of the molecule is CCC[CH2][Sn]([CH2]CCC)([CH2]CCC)[CH2]Oc1c(CO)cc(Br)cc1OC. The Hall–Kier alpha value is 0.0587. The molecule has 1 rings (SSSR count). The zero-order valence-corrected chi connectivity index (χ0v) is 21.5. The Bertz CT molecular complexity index is 475. The van der Waals surface area contributed by atoms with Crippen LogP contribution in [0.2, 0.25) is 13.3 Å². The molecule has 0 bridgehead atoms. The predicted molar refractivity (Wildman–Crippen MR) is 117 cm³/mol. The Balaban J connectivity index is 3.06. The van der Waals surface area contributed by atoms with Gasteiger partial charge in [0.2, 0.25) is 0 Å². The Labute approximate surface area is 172 Å². The molecule has 0 unspecified atom stereocenters. The van der Waals surface area contributed by atoms with Crippen LogP contribution in [-0.4, -0.2) is 35.2 Å². The number of halogens is 1. The number of unbranched alkanes of at least 4 members (excludes halogenated alkanes) is 3. The normalized spacial score (nSPS) is 11.6. The summed E-state index contributed by atoms with van der Waals surface area (Å²) in [6.45, 7) is 6.84. The van der Waals surface area contributed by atoms with E-state index in [9.17, 15) is 5.11 Å². The van der Waals surface area contributed by atoms with Gasteiger partial charge < -0.3 is 0 Å². The molecule has 3 nitrogen and oxygen atoms in total. The molecule has 0 heterocycles. The van der Waals surface area contributed by atoms with Crippen LogP contribution in [0.5, 0.6) is 11.5 Å². The monoisotopic (exact) mass is 536 g/mol. The van der Waals surface area contributed by atoms with Crippen molar-refractivity contribution in [1.29, 1.82) is 0 Å². The third-order valence-electron chi connectivity index (χ3n) is 5.19. The van der Waals surface area contributed by atoms with Crippen LogP contribution in [0, 0.1) is 0 Å². The van der Waals surface area contributed by atoms with Crippen LogP contribution in [0.15, 0.2) is 16.6 Å². The quantitative estimate of drug-likeness (QED) is 0.269. The first-order valence-electron chi connectivity index (χ1n) is 10.2. The van der Waals surface area contributed by atoms with Gasteiger partial charge in [-0.2, -0.15) is 0 Å². The number of methoxy groups -OCH3 is 1. The van der Waals surface area contributed by atoms with E-state index in [2.05, 4.69) is 36.7 Å². The summed E-state index contributed by atoms with van der Waals surface area (Å²) in [7, 11) is 1.66. The van der Waals surface area contributed by atoms with Crippen molar-refractivity contribution >= 4 is 34.3 Å². The standard InChI is InChI=1S/C9H10BrO3.3C4H9.Sn/c1-12-8-4-7(10)3-6(5-11)9(8)13-2;3*1-3-4-2;/h3-4,11H,2,5H2,1H3;3*1,3-4H2,2H3;. The maximum absolute atomic E-state index is 9.78. The fourth-order valence-corrected chi connectivity index (χ4v) is 18.1. The van der Waals surface area contributed by atoms with Gasteiger partial charge in [-0.15, -0.1) is 0 Å². The fraction of sp³-hybridized carbons (Fsp3) is 0.714. The van der Waals surface area contributed by atoms with Crippen LogP contribution in [-0.2, 0) is 6.61 Å². The van der Waals surface area contributed by atoms with E-state index in [0.29, 0.717) is 5.75 Å². The first-order valence-corrected chi connectivity index (χ1v) is 19.0. The number of hydrogen-bond acceptors (Lipinski definition) is 3. The molecule has 0 spiro atoms. The molecule has 1 aromatic rings. The van der Waals surface area contributed by atoms with E-state index in [-0.39, 0.29) is 6.61 Å². The van der Waals surface area contributed by atoms with Gasteiger partial charge in [0.25, 0.3) is 0 Å². The van der Waals surface area contributed by atoms with Crippen LogP contribution in [0.4, 0.5) is 0 Å². The predicted octanol–water partition coefficient (Wildman–Crippen LogP) is 6.72. The van der Waals surface area contributed by atoms with Gasteiger partial charge in [0.1, 0.15) is 0 Å². The van der Waals surface area contributed by atoms with E-state index in [1.54, 1.807) is 7.11 Å². The number of rotatable bonds is 14. The van der Waals surface area contributed by atoms with Crippen LogP contribution >= 0.6 is 15.9 Å². The number of aliphatic hydroxyl groups excluding tert-OH is 1. The second kappa shape index (κ2) is 13.3. The van der Waals surface area contributed by atoms with Crippen molar-refractivity contribution in [1.82, 2.24) is 0 Å². The second-order valence-electron chi connectivity index (χ2n) is 7.35. The number of benzene rings is 1. The summed E-state index contributed by atoms with van der Waals surface area (Å²) >= 11 is 1.11. The van der Waals surface area contributed by atoms with E-state index < -0.39 is 18.4 Å². The topological polar surface area (TPSA) is 38.7 Å². The van der Waals surface area contributed by atoms with E-state index in [4.69, 9.17) is 9.47 Å². The third-order valence-corrected chi connectivity index (χ3v) is 19.9. The summed E-state index contributed by atoms with van der Waals surface area (Å²) in [6, 6.07) is 3.86. The molecule has 0 radical (unpaired) electrons. The molecule has 0 aliphatic heterocycles. The van der Waals surface area contributed by atoms with Crippen LogP contribution in [0.3, 0.4) is 0 Å². The van der Waals surface area contributed by atoms with Crippen molar-refractivity contribution in [3.63, 3.8) is 0 Å². The van der Waals surface area contributed by atoms with Crippen LogP contribution in [0.1, 0.15) is 64.9 Å². The Morgan fingerprint density at radius 1 is 0.962 bits per heavy atom. The Morgan fingerprint density at radius 3 is 1.92 bits per heavy atom. The molecule has 0 saturated carbocycles. The first-order chi connectivity index (χ1) is 12.6. The van der Waals surface area contributed by atoms with Crippen LogP contribution in [0.25, 0.3) is 0 Å². The molecule has 0 amide bonds. The van der Waals surface area contributed by atoms with Crippen molar-refractivity contribution < 1.29 is 14.6 Å². The molecule has 0 aliphatic rings. The molecular weight excluding hydrogens is 499 g/mol. The Kier molecular flexibility index (Phi) is 12.3. The Morgan fingerprint density at radius 2 is 1.50 bits per heavy atom. The van der Waals surface area contributed by atoms with Crippen molar-refractivity contribution in [2.45, 2.75) is 79.2 Å². The first kappa shape index (κ1) is 24.1. The van der Waals surface area contributed by atoms with Gasteiger partial charge in [-0.25, -0.2) is 0 Å². The van der Waals surface area contributed by atoms with Gasteiger partial charge in [-0.3, -0.25) is 0 Å². The summed E-state index contributed by atoms with van der Waals surface area (Å²) in [4.78, 5) is 0. The number of aliphatic hydroxyl groups is 1. The van der Waals surface area contributed by atoms with E-state index >= 15 is 0 Å². The molecule has 0 aromatic heterocycles. The van der Waals surface area contributed by atoms with Crippen molar-refractivity contribution in [3.8, 4) is 11.5 Å². The van der Waals surface area contributed by atoms with Gasteiger partial charge in [0, 0.05) is 0 Å². The van der Waals surface area contributed by atoms with Gasteiger partial charge in [-0.1, -0.05) is 0 Å².